The van der Waals surface area contributed by atoms with Crippen LogP contribution in [0.2, 0.25) is 0 Å². The van der Waals surface area contributed by atoms with Gasteiger partial charge in [-0.1, -0.05) is 12.1 Å². The predicted molar refractivity (Wildman–Crippen MR) is 118 cm³/mol. The van der Waals surface area contributed by atoms with Gasteiger partial charge in [0, 0.05) is 22.5 Å². The number of hydrogen-bond acceptors (Lipinski definition) is 9. The molecule has 11 nitrogen and oxygen atoms in total. The van der Waals surface area contributed by atoms with Crippen LogP contribution in [-0.2, 0) is 20.2 Å². The monoisotopic (exact) mass is 488 g/mol. The number of phenolic OH excluding ortho intramolecular Hbond substituents is 1. The van der Waals surface area contributed by atoms with Gasteiger partial charge in [-0.2, -0.15) is 16.8 Å². The van der Waals surface area contributed by atoms with Crippen LogP contribution in [0.15, 0.2) is 62.5 Å². The number of benzene rings is 3. The number of aromatic hydroxyl groups is 1. The second-order valence-electron chi connectivity index (χ2n) is 7.18. The van der Waals surface area contributed by atoms with Gasteiger partial charge < -0.3 is 5.11 Å². The lowest BCUT2D eigenvalue weighted by atomic mass is 9.99. The van der Waals surface area contributed by atoms with E-state index in [1.165, 1.54) is 18.2 Å². The molecule has 0 aliphatic carbocycles. The average molecular weight is 489 g/mol. The van der Waals surface area contributed by atoms with Gasteiger partial charge in [0.25, 0.3) is 20.2 Å². The van der Waals surface area contributed by atoms with E-state index < -0.39 is 35.8 Å². The first-order valence-electron chi connectivity index (χ1n) is 9.26. The Balaban J connectivity index is 2.09. The van der Waals surface area contributed by atoms with E-state index in [0.29, 0.717) is 22.3 Å². The molecule has 0 atom stereocenters. The molecule has 0 bridgehead atoms. The molecule has 3 N–H and O–H groups in total. The fourth-order valence-corrected chi connectivity index (χ4v) is 4.45. The molecule has 0 aliphatic heterocycles. The van der Waals surface area contributed by atoms with Gasteiger partial charge in [0.1, 0.15) is 11.5 Å². The molecule has 1 heterocycles. The zero-order chi connectivity index (χ0) is 24.1. The topological polar surface area (TPSA) is 179 Å². The Kier molecular flexibility index (Phi) is 5.36. The molecule has 0 aliphatic rings. The summed E-state index contributed by atoms with van der Waals surface area (Å²) in [5, 5.41) is 19.9. The van der Waals surface area contributed by atoms with Crippen molar-refractivity contribution in [3.8, 4) is 5.75 Å². The van der Waals surface area contributed by atoms with Crippen molar-refractivity contribution in [2.24, 2.45) is 10.2 Å². The maximum atomic E-state index is 11.7. The minimum atomic E-state index is -4.57. The first-order valence-corrected chi connectivity index (χ1v) is 12.1. The highest BCUT2D eigenvalue weighted by molar-refractivity contribution is 7.86. The maximum Gasteiger partial charge on any atom is 0.294 e. The summed E-state index contributed by atoms with van der Waals surface area (Å²) in [6.07, 6.45) is 0. The molecule has 33 heavy (non-hydrogen) atoms. The number of aromatic nitrogens is 2. The number of phenols is 1. The van der Waals surface area contributed by atoms with E-state index in [1.54, 1.807) is 13.8 Å². The summed E-state index contributed by atoms with van der Waals surface area (Å²) in [4.78, 5) is 7.36. The van der Waals surface area contributed by atoms with E-state index >= 15 is 0 Å². The van der Waals surface area contributed by atoms with Crippen molar-refractivity contribution in [2.45, 2.75) is 23.6 Å². The van der Waals surface area contributed by atoms with Crippen molar-refractivity contribution in [3.05, 3.63) is 54.0 Å². The summed E-state index contributed by atoms with van der Waals surface area (Å²) in [6, 6.07) is 8.75. The van der Waals surface area contributed by atoms with Crippen LogP contribution in [0.1, 0.15) is 11.5 Å². The number of rotatable bonds is 4. The van der Waals surface area contributed by atoms with Crippen LogP contribution in [0.5, 0.6) is 5.75 Å². The van der Waals surface area contributed by atoms with Crippen LogP contribution in [-0.4, -0.2) is 41.0 Å². The lowest BCUT2D eigenvalue weighted by molar-refractivity contribution is 0.479. The second-order valence-corrected chi connectivity index (χ2v) is 10.0. The Morgan fingerprint density at radius 3 is 1.82 bits per heavy atom. The number of aryl methyl sites for hydroxylation is 2. The van der Waals surface area contributed by atoms with Crippen molar-refractivity contribution in [2.75, 3.05) is 0 Å². The van der Waals surface area contributed by atoms with Crippen molar-refractivity contribution < 1.29 is 31.0 Å². The third-order valence-corrected chi connectivity index (χ3v) is 6.51. The van der Waals surface area contributed by atoms with Crippen molar-refractivity contribution in [1.82, 2.24) is 9.97 Å². The highest BCUT2D eigenvalue weighted by Gasteiger charge is 2.20. The fraction of sp³-hybridized carbons (Fsp3) is 0.100. The number of fused-ring (bicyclic) bond motifs is 3. The van der Waals surface area contributed by atoms with Gasteiger partial charge >= 0.3 is 0 Å². The van der Waals surface area contributed by atoms with Crippen molar-refractivity contribution in [1.29, 1.82) is 0 Å². The Labute approximate surface area is 188 Å². The standard InChI is InChI=1S/C20H16N4O7S2/c1-10-7-18(22-11(2)21-10)23-24-19-16-8-12(32(26,27)28)3-5-14(16)15-6-4-13(33(29,30)31)9-17(15)20(19)25/h3-9,25H,1-2H3,(H,26,27,28)(H,29,30,31). The summed E-state index contributed by atoms with van der Waals surface area (Å²) < 4.78 is 65.4. The van der Waals surface area contributed by atoms with Crippen LogP contribution in [0.4, 0.5) is 11.5 Å². The minimum absolute atomic E-state index is 0.0289. The lowest BCUT2D eigenvalue weighted by Crippen LogP contribution is -1.99. The van der Waals surface area contributed by atoms with Crippen LogP contribution >= 0.6 is 0 Å². The third-order valence-electron chi connectivity index (χ3n) is 4.81. The van der Waals surface area contributed by atoms with E-state index in [2.05, 4.69) is 20.2 Å². The SMILES string of the molecule is Cc1cc(N=Nc2c(O)c3cc(S(=O)(=O)O)ccc3c3ccc(S(=O)(=O)O)cc23)nc(C)n1. The number of hydrogen-bond donors (Lipinski definition) is 3. The second kappa shape index (κ2) is 7.81. The Morgan fingerprint density at radius 2 is 1.27 bits per heavy atom. The molecule has 1 aromatic heterocycles. The molecule has 0 unspecified atom stereocenters. The zero-order valence-corrected chi connectivity index (χ0v) is 18.8. The first-order chi connectivity index (χ1) is 15.3. The molecule has 4 rings (SSSR count). The van der Waals surface area contributed by atoms with Gasteiger partial charge in [0.2, 0.25) is 0 Å². The third kappa shape index (κ3) is 4.39. The normalized spacial score (nSPS) is 12.7. The highest BCUT2D eigenvalue weighted by Crippen LogP contribution is 2.44. The molecular formula is C20H16N4O7S2. The van der Waals surface area contributed by atoms with Gasteiger partial charge in [-0.3, -0.25) is 9.11 Å². The molecular weight excluding hydrogens is 472 g/mol. The Bertz CT molecular complexity index is 1680. The molecule has 13 heteroatoms. The van der Waals surface area contributed by atoms with Crippen LogP contribution in [0.3, 0.4) is 0 Å². The van der Waals surface area contributed by atoms with E-state index in [4.69, 9.17) is 0 Å². The summed E-state index contributed by atoms with van der Waals surface area (Å²) >= 11 is 0. The van der Waals surface area contributed by atoms with Crippen LogP contribution in [0.25, 0.3) is 21.5 Å². The molecule has 0 radical (unpaired) electrons. The van der Waals surface area contributed by atoms with E-state index in [1.807, 2.05) is 0 Å². The molecule has 0 fully saturated rings. The molecule has 0 saturated heterocycles. The largest absolute Gasteiger partial charge is 0.505 e. The fourth-order valence-electron chi connectivity index (χ4n) is 3.44. The van der Waals surface area contributed by atoms with Gasteiger partial charge in [-0.25, -0.2) is 9.97 Å². The quantitative estimate of drug-likeness (QED) is 0.217. The maximum absolute atomic E-state index is 11.7. The first kappa shape index (κ1) is 22.7. The number of azo groups is 1. The van der Waals surface area contributed by atoms with Crippen LogP contribution < -0.4 is 0 Å². The lowest BCUT2D eigenvalue weighted by Gasteiger charge is -2.12. The zero-order valence-electron chi connectivity index (χ0n) is 17.1. The summed E-state index contributed by atoms with van der Waals surface area (Å²) in [5.74, 6) is 0.0926. The highest BCUT2D eigenvalue weighted by atomic mass is 32.2. The van der Waals surface area contributed by atoms with E-state index in [0.717, 1.165) is 24.3 Å². The molecule has 170 valence electrons. The van der Waals surface area contributed by atoms with E-state index in [-0.39, 0.29) is 22.3 Å². The van der Waals surface area contributed by atoms with Crippen molar-refractivity contribution >= 4 is 53.3 Å². The van der Waals surface area contributed by atoms with Gasteiger partial charge in [0.05, 0.1) is 9.79 Å². The Morgan fingerprint density at radius 1 is 0.727 bits per heavy atom. The molecule has 0 amide bonds. The smallest absolute Gasteiger partial charge is 0.294 e. The van der Waals surface area contributed by atoms with Crippen molar-refractivity contribution in [3.63, 3.8) is 0 Å². The molecule has 0 saturated carbocycles. The summed E-state index contributed by atoms with van der Waals surface area (Å²) in [6.45, 7) is 3.38. The van der Waals surface area contributed by atoms with Crippen LogP contribution in [0, 0.1) is 13.8 Å². The number of nitrogens with zero attached hydrogens (tertiary/aromatic N) is 4. The molecule has 0 spiro atoms. The molecule has 4 aromatic rings. The van der Waals surface area contributed by atoms with Gasteiger partial charge in [-0.15, -0.1) is 10.2 Å². The minimum Gasteiger partial charge on any atom is -0.505 e. The van der Waals surface area contributed by atoms with E-state index in [9.17, 15) is 31.0 Å². The predicted octanol–water partition coefficient (Wildman–Crippen LogP) is 4.01. The Hall–Kier alpha value is -3.52. The van der Waals surface area contributed by atoms with Gasteiger partial charge in [0.15, 0.2) is 11.6 Å². The average Bonchev–Trinajstić information content (AvgIpc) is 2.71. The molecule has 3 aromatic carbocycles. The summed E-state index contributed by atoms with van der Waals surface area (Å²) in [5.41, 5.74) is 0.430. The van der Waals surface area contributed by atoms with Gasteiger partial charge in [-0.05, 0) is 48.9 Å². The summed E-state index contributed by atoms with van der Waals surface area (Å²) in [7, 11) is -9.13.